The van der Waals surface area contributed by atoms with Crippen LogP contribution in [-0.4, -0.2) is 44.5 Å². The number of nitrogens with zero attached hydrogens (tertiary/aromatic N) is 1. The normalized spacial score (nSPS) is 11.9. The van der Waals surface area contributed by atoms with E-state index in [9.17, 15) is 13.2 Å². The maximum Gasteiger partial charge on any atom is 0.235 e. The first kappa shape index (κ1) is 17.7. The van der Waals surface area contributed by atoms with Crippen molar-refractivity contribution in [1.29, 1.82) is 0 Å². The Labute approximate surface area is 127 Å². The second-order valence-electron chi connectivity index (χ2n) is 5.53. The maximum absolute atomic E-state index is 11.9. The van der Waals surface area contributed by atoms with Crippen molar-refractivity contribution in [1.82, 2.24) is 9.62 Å². The van der Waals surface area contributed by atoms with Gasteiger partial charge in [-0.15, -0.1) is 0 Å². The van der Waals surface area contributed by atoms with Crippen LogP contribution in [0.4, 0.5) is 0 Å². The Kier molecular flexibility index (Phi) is 6.84. The van der Waals surface area contributed by atoms with Crippen molar-refractivity contribution in [2.75, 3.05) is 25.9 Å². The van der Waals surface area contributed by atoms with Gasteiger partial charge in [0.2, 0.25) is 15.9 Å². The Morgan fingerprint density at radius 1 is 1.24 bits per heavy atom. The van der Waals surface area contributed by atoms with E-state index in [2.05, 4.69) is 5.32 Å². The van der Waals surface area contributed by atoms with Crippen LogP contribution in [0.25, 0.3) is 0 Å². The molecule has 0 aliphatic carbocycles. The molecule has 0 bridgehead atoms. The van der Waals surface area contributed by atoms with Gasteiger partial charge in [-0.3, -0.25) is 4.79 Å². The SMILES string of the molecule is CC(C)CN(CC(=O)NCCc1ccccc1)S(C)(=O)=O. The molecule has 1 rings (SSSR count). The predicted octanol–water partition coefficient (Wildman–Crippen LogP) is 1.26. The summed E-state index contributed by atoms with van der Waals surface area (Å²) in [5.74, 6) is -0.0890. The molecule has 0 aliphatic heterocycles. The first-order valence-corrected chi connectivity index (χ1v) is 8.89. The van der Waals surface area contributed by atoms with Gasteiger partial charge in [0.25, 0.3) is 0 Å². The molecule has 1 aromatic carbocycles. The zero-order valence-corrected chi connectivity index (χ0v) is 13.7. The Morgan fingerprint density at radius 3 is 2.38 bits per heavy atom. The summed E-state index contributed by atoms with van der Waals surface area (Å²) in [4.78, 5) is 11.9. The highest BCUT2D eigenvalue weighted by Gasteiger charge is 2.20. The third-order valence-electron chi connectivity index (χ3n) is 2.94. The van der Waals surface area contributed by atoms with Gasteiger partial charge in [-0.25, -0.2) is 8.42 Å². The van der Waals surface area contributed by atoms with Crippen LogP contribution in [0, 0.1) is 5.92 Å². The number of carbonyl (C=O) groups is 1. The highest BCUT2D eigenvalue weighted by atomic mass is 32.2. The minimum absolute atomic E-state index is 0.119. The van der Waals surface area contributed by atoms with Gasteiger partial charge in [-0.2, -0.15) is 4.31 Å². The summed E-state index contributed by atoms with van der Waals surface area (Å²) in [6.45, 7) is 4.58. The lowest BCUT2D eigenvalue weighted by molar-refractivity contribution is -0.121. The number of hydrogen-bond donors (Lipinski definition) is 1. The molecule has 1 amide bonds. The van der Waals surface area contributed by atoms with Crippen molar-refractivity contribution >= 4 is 15.9 Å². The Balaban J connectivity index is 2.44. The Bertz CT molecular complexity index is 541. The molecule has 1 N–H and O–H groups in total. The van der Waals surface area contributed by atoms with Gasteiger partial charge in [-0.1, -0.05) is 44.2 Å². The summed E-state index contributed by atoms with van der Waals surface area (Å²) in [7, 11) is -3.36. The third-order valence-corrected chi connectivity index (χ3v) is 4.15. The molecule has 0 aliphatic rings. The smallest absolute Gasteiger partial charge is 0.235 e. The molecule has 0 heterocycles. The van der Waals surface area contributed by atoms with E-state index in [0.29, 0.717) is 13.1 Å². The molecule has 0 unspecified atom stereocenters. The van der Waals surface area contributed by atoms with Gasteiger partial charge >= 0.3 is 0 Å². The van der Waals surface area contributed by atoms with Crippen LogP contribution < -0.4 is 5.32 Å². The minimum Gasteiger partial charge on any atom is -0.355 e. The Morgan fingerprint density at radius 2 is 1.86 bits per heavy atom. The van der Waals surface area contributed by atoms with Gasteiger partial charge in [0.05, 0.1) is 12.8 Å². The largest absolute Gasteiger partial charge is 0.355 e. The van der Waals surface area contributed by atoms with Crippen LogP contribution in [0.1, 0.15) is 19.4 Å². The number of amides is 1. The summed E-state index contributed by atoms with van der Waals surface area (Å²) in [6.07, 6.45) is 1.86. The third kappa shape index (κ3) is 7.24. The molecule has 0 fully saturated rings. The number of sulfonamides is 1. The highest BCUT2D eigenvalue weighted by molar-refractivity contribution is 7.88. The molecule has 21 heavy (non-hydrogen) atoms. The standard InChI is InChI=1S/C15H24N2O3S/c1-13(2)11-17(21(3,19)20)12-15(18)16-10-9-14-7-5-4-6-8-14/h4-8,13H,9-12H2,1-3H3,(H,16,18). The van der Waals surface area contributed by atoms with Gasteiger partial charge < -0.3 is 5.32 Å². The molecule has 1 aromatic rings. The first-order valence-electron chi connectivity index (χ1n) is 7.05. The van der Waals surface area contributed by atoms with Gasteiger partial charge in [0.1, 0.15) is 0 Å². The van der Waals surface area contributed by atoms with E-state index in [1.54, 1.807) is 0 Å². The lowest BCUT2D eigenvalue weighted by Gasteiger charge is -2.21. The van der Waals surface area contributed by atoms with E-state index in [0.717, 1.165) is 18.2 Å². The fourth-order valence-corrected chi connectivity index (χ4v) is 2.85. The van der Waals surface area contributed by atoms with E-state index >= 15 is 0 Å². The first-order chi connectivity index (χ1) is 9.79. The lowest BCUT2D eigenvalue weighted by Crippen LogP contribution is -2.42. The van der Waals surface area contributed by atoms with Crippen molar-refractivity contribution < 1.29 is 13.2 Å². The van der Waals surface area contributed by atoms with Crippen LogP contribution in [0.15, 0.2) is 30.3 Å². The molecule has 0 atom stereocenters. The molecule has 5 nitrogen and oxygen atoms in total. The molecule has 0 spiro atoms. The van der Waals surface area contributed by atoms with E-state index in [-0.39, 0.29) is 18.4 Å². The fourth-order valence-electron chi connectivity index (χ4n) is 1.93. The van der Waals surface area contributed by atoms with E-state index < -0.39 is 10.0 Å². The van der Waals surface area contributed by atoms with Crippen molar-refractivity contribution in [2.24, 2.45) is 5.92 Å². The van der Waals surface area contributed by atoms with E-state index in [1.807, 2.05) is 44.2 Å². The van der Waals surface area contributed by atoms with Crippen LogP contribution in [0.2, 0.25) is 0 Å². The zero-order valence-electron chi connectivity index (χ0n) is 12.9. The molecule has 118 valence electrons. The second kappa shape index (κ2) is 8.14. The fraction of sp³-hybridized carbons (Fsp3) is 0.533. The summed E-state index contributed by atoms with van der Waals surface area (Å²) in [6, 6.07) is 9.83. The molecule has 0 saturated carbocycles. The van der Waals surface area contributed by atoms with Crippen LogP contribution in [0.3, 0.4) is 0 Å². The molecule has 6 heteroatoms. The number of rotatable bonds is 8. The topological polar surface area (TPSA) is 66.5 Å². The average molecular weight is 312 g/mol. The number of benzene rings is 1. The van der Waals surface area contributed by atoms with Crippen molar-refractivity contribution in [3.63, 3.8) is 0 Å². The highest BCUT2D eigenvalue weighted by Crippen LogP contribution is 2.04. The minimum atomic E-state index is -3.36. The van der Waals surface area contributed by atoms with Crippen molar-refractivity contribution in [3.8, 4) is 0 Å². The second-order valence-corrected chi connectivity index (χ2v) is 7.52. The van der Waals surface area contributed by atoms with Crippen LogP contribution in [0.5, 0.6) is 0 Å². The molecule has 0 aromatic heterocycles. The van der Waals surface area contributed by atoms with Gasteiger partial charge in [-0.05, 0) is 17.9 Å². The predicted molar refractivity (Wildman–Crippen MR) is 84.4 cm³/mol. The monoisotopic (exact) mass is 312 g/mol. The number of nitrogens with one attached hydrogen (secondary N) is 1. The quantitative estimate of drug-likeness (QED) is 0.786. The maximum atomic E-state index is 11.9. The van der Waals surface area contributed by atoms with E-state index in [1.165, 1.54) is 4.31 Å². The molecule has 0 radical (unpaired) electrons. The van der Waals surface area contributed by atoms with Crippen molar-refractivity contribution in [2.45, 2.75) is 20.3 Å². The van der Waals surface area contributed by atoms with E-state index in [4.69, 9.17) is 0 Å². The van der Waals surface area contributed by atoms with Gasteiger partial charge in [0, 0.05) is 13.1 Å². The molecule has 0 saturated heterocycles. The summed E-state index contributed by atoms with van der Waals surface area (Å²) in [5.41, 5.74) is 1.14. The zero-order chi connectivity index (χ0) is 15.9. The average Bonchev–Trinajstić information content (AvgIpc) is 2.37. The Hall–Kier alpha value is -1.40. The molecular formula is C15H24N2O3S. The number of carbonyl (C=O) groups excluding carboxylic acids is 1. The van der Waals surface area contributed by atoms with Crippen LogP contribution >= 0.6 is 0 Å². The summed E-state index contributed by atoms with van der Waals surface area (Å²) in [5, 5.41) is 2.76. The van der Waals surface area contributed by atoms with Crippen LogP contribution in [-0.2, 0) is 21.2 Å². The number of hydrogen-bond acceptors (Lipinski definition) is 3. The van der Waals surface area contributed by atoms with Crippen molar-refractivity contribution in [3.05, 3.63) is 35.9 Å². The summed E-state index contributed by atoms with van der Waals surface area (Å²) >= 11 is 0. The molecular weight excluding hydrogens is 288 g/mol. The van der Waals surface area contributed by atoms with Gasteiger partial charge in [0.15, 0.2) is 0 Å². The summed E-state index contributed by atoms with van der Waals surface area (Å²) < 4.78 is 24.5. The lowest BCUT2D eigenvalue weighted by atomic mass is 10.1.